The third-order valence-electron chi connectivity index (χ3n) is 5.74. The van der Waals surface area contributed by atoms with Crippen LogP contribution in [0.25, 0.3) is 0 Å². The lowest BCUT2D eigenvalue weighted by Crippen LogP contribution is -2.49. The summed E-state index contributed by atoms with van der Waals surface area (Å²) < 4.78 is 0. The Morgan fingerprint density at radius 2 is 1.79 bits per heavy atom. The van der Waals surface area contributed by atoms with Gasteiger partial charge in [-0.1, -0.05) is 6.92 Å². The molecule has 0 aliphatic carbocycles. The van der Waals surface area contributed by atoms with Crippen molar-refractivity contribution in [2.45, 2.75) is 58.0 Å². The van der Waals surface area contributed by atoms with Crippen molar-refractivity contribution in [3.63, 3.8) is 0 Å². The predicted molar refractivity (Wildman–Crippen MR) is 93.9 cm³/mol. The molecule has 0 aromatic carbocycles. The molecule has 6 heteroatoms. The first-order chi connectivity index (χ1) is 11.4. The van der Waals surface area contributed by atoms with E-state index in [0.29, 0.717) is 6.04 Å². The van der Waals surface area contributed by atoms with Gasteiger partial charge in [0.15, 0.2) is 0 Å². The van der Waals surface area contributed by atoms with Gasteiger partial charge in [0, 0.05) is 25.7 Å². The number of carbonyl (C=O) groups excluding carboxylic acids is 1. The summed E-state index contributed by atoms with van der Waals surface area (Å²) in [6.45, 7) is 7.95. The number of hydrogen-bond acceptors (Lipinski definition) is 4. The second-order valence-electron chi connectivity index (χ2n) is 7.61. The van der Waals surface area contributed by atoms with Crippen LogP contribution in [0.4, 0.5) is 0 Å². The zero-order valence-electron chi connectivity index (χ0n) is 15.4. The van der Waals surface area contributed by atoms with E-state index in [4.69, 9.17) is 5.11 Å². The number of nitrogens with zero attached hydrogens (tertiary/aromatic N) is 3. The Kier molecular flexibility index (Phi) is 7.04. The summed E-state index contributed by atoms with van der Waals surface area (Å²) in [5.74, 6) is 0.216. The Morgan fingerprint density at radius 3 is 2.42 bits per heavy atom. The molecular formula is C18H33N3O3. The van der Waals surface area contributed by atoms with Gasteiger partial charge in [0.2, 0.25) is 5.91 Å². The van der Waals surface area contributed by atoms with E-state index < -0.39 is 5.97 Å². The van der Waals surface area contributed by atoms with Crippen LogP contribution in [-0.2, 0) is 9.59 Å². The minimum Gasteiger partial charge on any atom is -0.480 e. The molecule has 138 valence electrons. The molecular weight excluding hydrogens is 306 g/mol. The van der Waals surface area contributed by atoms with Gasteiger partial charge in [-0.2, -0.15) is 0 Å². The molecule has 2 saturated heterocycles. The van der Waals surface area contributed by atoms with Crippen molar-refractivity contribution in [1.29, 1.82) is 0 Å². The second-order valence-corrected chi connectivity index (χ2v) is 7.61. The summed E-state index contributed by atoms with van der Waals surface area (Å²) in [6, 6.07) is 0.228. The van der Waals surface area contributed by atoms with Gasteiger partial charge in [-0.3, -0.25) is 19.4 Å². The zero-order chi connectivity index (χ0) is 17.7. The molecule has 6 nitrogen and oxygen atoms in total. The minimum atomic E-state index is -0.776. The molecule has 2 unspecified atom stereocenters. The molecule has 2 aliphatic heterocycles. The van der Waals surface area contributed by atoms with E-state index in [2.05, 4.69) is 11.8 Å². The number of hydrogen-bond donors (Lipinski definition) is 1. The summed E-state index contributed by atoms with van der Waals surface area (Å²) in [5, 5.41) is 8.96. The number of carboxylic acids is 1. The highest BCUT2D eigenvalue weighted by Gasteiger charge is 2.30. The van der Waals surface area contributed by atoms with Gasteiger partial charge in [0.25, 0.3) is 0 Å². The molecule has 2 atom stereocenters. The van der Waals surface area contributed by atoms with Crippen LogP contribution >= 0.6 is 0 Å². The summed E-state index contributed by atoms with van der Waals surface area (Å²) in [6.07, 6.45) is 5.17. The third kappa shape index (κ3) is 5.18. The number of rotatable bonds is 5. The lowest BCUT2D eigenvalue weighted by atomic mass is 9.98. The number of likely N-dealkylation sites (tertiary alicyclic amines) is 2. The molecule has 0 saturated carbocycles. The molecule has 0 spiro atoms. The SMILES string of the molecule is CC1CCN(C(=O)C(C)N2CCCC(N(C)CC(=O)O)CC2)CC1. The van der Waals surface area contributed by atoms with Crippen LogP contribution in [0, 0.1) is 5.92 Å². The molecule has 0 aromatic heterocycles. The smallest absolute Gasteiger partial charge is 0.317 e. The van der Waals surface area contributed by atoms with Gasteiger partial charge < -0.3 is 10.0 Å². The van der Waals surface area contributed by atoms with Crippen molar-refractivity contribution < 1.29 is 14.7 Å². The van der Waals surface area contributed by atoms with Crippen molar-refractivity contribution in [2.24, 2.45) is 5.92 Å². The molecule has 2 fully saturated rings. The van der Waals surface area contributed by atoms with E-state index in [1.54, 1.807) is 0 Å². The van der Waals surface area contributed by atoms with Crippen LogP contribution < -0.4 is 0 Å². The van der Waals surface area contributed by atoms with Crippen LogP contribution in [0.5, 0.6) is 0 Å². The number of likely N-dealkylation sites (N-methyl/N-ethyl adjacent to an activating group) is 1. The maximum Gasteiger partial charge on any atom is 0.317 e. The molecule has 0 bridgehead atoms. The average molecular weight is 339 g/mol. The molecule has 1 amide bonds. The van der Waals surface area contributed by atoms with Crippen molar-refractivity contribution in [3.05, 3.63) is 0 Å². The van der Waals surface area contributed by atoms with Gasteiger partial charge in [-0.15, -0.1) is 0 Å². The number of aliphatic carboxylic acids is 1. The van der Waals surface area contributed by atoms with Crippen molar-refractivity contribution in [3.8, 4) is 0 Å². The highest BCUT2D eigenvalue weighted by Crippen LogP contribution is 2.21. The Balaban J connectivity index is 1.86. The van der Waals surface area contributed by atoms with E-state index >= 15 is 0 Å². The van der Waals surface area contributed by atoms with Crippen LogP contribution in [0.3, 0.4) is 0 Å². The summed E-state index contributed by atoms with van der Waals surface area (Å²) in [4.78, 5) is 29.9. The Morgan fingerprint density at radius 1 is 1.12 bits per heavy atom. The third-order valence-corrected chi connectivity index (χ3v) is 5.74. The molecule has 24 heavy (non-hydrogen) atoms. The van der Waals surface area contributed by atoms with Crippen molar-refractivity contribution in [1.82, 2.24) is 14.7 Å². The van der Waals surface area contributed by atoms with Crippen LogP contribution in [0.15, 0.2) is 0 Å². The van der Waals surface area contributed by atoms with Crippen LogP contribution in [-0.4, -0.2) is 83.5 Å². The fraction of sp³-hybridized carbons (Fsp3) is 0.889. The molecule has 2 heterocycles. The van der Waals surface area contributed by atoms with Crippen LogP contribution in [0.2, 0.25) is 0 Å². The zero-order valence-corrected chi connectivity index (χ0v) is 15.4. The number of piperidine rings is 1. The van der Waals surface area contributed by atoms with Crippen molar-refractivity contribution in [2.75, 3.05) is 39.8 Å². The van der Waals surface area contributed by atoms with Gasteiger partial charge in [0.1, 0.15) is 0 Å². The first kappa shape index (κ1) is 19.2. The largest absolute Gasteiger partial charge is 0.480 e. The minimum absolute atomic E-state index is 0.0677. The fourth-order valence-electron chi connectivity index (χ4n) is 3.92. The molecule has 0 aromatic rings. The Bertz CT molecular complexity index is 435. The number of amides is 1. The lowest BCUT2D eigenvalue weighted by Gasteiger charge is -2.35. The summed E-state index contributed by atoms with van der Waals surface area (Å²) in [5.41, 5.74) is 0. The second kappa shape index (κ2) is 8.81. The molecule has 0 radical (unpaired) electrons. The van der Waals surface area contributed by atoms with Gasteiger partial charge >= 0.3 is 5.97 Å². The van der Waals surface area contributed by atoms with Crippen LogP contribution in [0.1, 0.15) is 46.0 Å². The highest BCUT2D eigenvalue weighted by molar-refractivity contribution is 5.81. The van der Waals surface area contributed by atoms with Gasteiger partial charge in [-0.25, -0.2) is 0 Å². The Labute approximate surface area is 145 Å². The first-order valence-electron chi connectivity index (χ1n) is 9.33. The Hall–Kier alpha value is -1.14. The monoisotopic (exact) mass is 339 g/mol. The lowest BCUT2D eigenvalue weighted by molar-refractivity contribution is -0.138. The van der Waals surface area contributed by atoms with E-state index in [-0.39, 0.29) is 18.5 Å². The van der Waals surface area contributed by atoms with E-state index in [1.807, 2.05) is 23.8 Å². The fourth-order valence-corrected chi connectivity index (χ4v) is 3.92. The van der Waals surface area contributed by atoms with E-state index in [9.17, 15) is 9.59 Å². The molecule has 2 rings (SSSR count). The number of carboxylic acid groups (broad SMARTS) is 1. The maximum absolute atomic E-state index is 12.8. The average Bonchev–Trinajstić information content (AvgIpc) is 2.79. The van der Waals surface area contributed by atoms with E-state index in [1.165, 1.54) is 0 Å². The normalized spacial score (nSPS) is 25.5. The maximum atomic E-state index is 12.8. The highest BCUT2D eigenvalue weighted by atomic mass is 16.4. The standard InChI is InChI=1S/C18H33N3O3/c1-14-6-10-21(11-7-14)18(24)15(2)20-9-4-5-16(8-12-20)19(3)13-17(22)23/h14-16H,4-13H2,1-3H3,(H,22,23). The summed E-state index contributed by atoms with van der Waals surface area (Å²) in [7, 11) is 1.89. The quantitative estimate of drug-likeness (QED) is 0.822. The van der Waals surface area contributed by atoms with E-state index in [0.717, 1.165) is 64.2 Å². The predicted octanol–water partition coefficient (Wildman–Crippen LogP) is 1.50. The van der Waals surface area contributed by atoms with Crippen molar-refractivity contribution >= 4 is 11.9 Å². The van der Waals surface area contributed by atoms with Gasteiger partial charge in [-0.05, 0) is 58.5 Å². The summed E-state index contributed by atoms with van der Waals surface area (Å²) >= 11 is 0. The topological polar surface area (TPSA) is 64.1 Å². The molecule has 2 aliphatic rings. The number of carbonyl (C=O) groups is 2. The van der Waals surface area contributed by atoms with Gasteiger partial charge in [0.05, 0.1) is 12.6 Å². The first-order valence-corrected chi connectivity index (χ1v) is 9.33. The molecule has 1 N–H and O–H groups in total.